The summed E-state index contributed by atoms with van der Waals surface area (Å²) in [7, 11) is -1.07. The van der Waals surface area contributed by atoms with Gasteiger partial charge in [0.2, 0.25) is 0 Å². The Labute approximate surface area is 84.7 Å². The topological polar surface area (TPSA) is 45.8 Å². The summed E-state index contributed by atoms with van der Waals surface area (Å²) in [6, 6.07) is 9.74. The summed E-state index contributed by atoms with van der Waals surface area (Å²) < 4.78 is 11.7. The molecule has 1 aromatic carbocycles. The molecule has 4 heteroatoms. The van der Waals surface area contributed by atoms with Crippen molar-refractivity contribution in [2.45, 2.75) is 10.9 Å². The van der Waals surface area contributed by atoms with E-state index in [2.05, 4.69) is 9.97 Å². The van der Waals surface area contributed by atoms with Gasteiger partial charge in [0.15, 0.2) is 5.16 Å². The lowest BCUT2D eigenvalue weighted by molar-refractivity contribution is 0.677. The lowest BCUT2D eigenvalue weighted by atomic mass is 10.2. The molecular formula is C10H10N2OS. The van der Waals surface area contributed by atoms with E-state index in [9.17, 15) is 4.21 Å². The lowest BCUT2D eigenvalue weighted by Gasteiger charge is -1.98. The first-order valence-electron chi connectivity index (χ1n) is 4.28. The summed E-state index contributed by atoms with van der Waals surface area (Å²) in [5.41, 5.74) is 1.06. The van der Waals surface area contributed by atoms with Crippen LogP contribution in [0.1, 0.15) is 5.56 Å². The van der Waals surface area contributed by atoms with E-state index < -0.39 is 10.8 Å². The maximum absolute atomic E-state index is 11.7. The van der Waals surface area contributed by atoms with Gasteiger partial charge >= 0.3 is 0 Å². The molecule has 0 fully saturated rings. The van der Waals surface area contributed by atoms with Gasteiger partial charge in [-0.1, -0.05) is 30.3 Å². The summed E-state index contributed by atoms with van der Waals surface area (Å²) in [6.45, 7) is 0. The third kappa shape index (κ3) is 2.09. The number of aromatic nitrogens is 2. The number of hydrogen-bond acceptors (Lipinski definition) is 2. The molecule has 0 bridgehead atoms. The highest BCUT2D eigenvalue weighted by molar-refractivity contribution is 7.84. The van der Waals surface area contributed by atoms with Gasteiger partial charge in [0, 0.05) is 12.4 Å². The molecule has 1 heterocycles. The number of hydrogen-bond donors (Lipinski definition) is 1. The first kappa shape index (κ1) is 9.15. The van der Waals surface area contributed by atoms with Crippen molar-refractivity contribution in [1.29, 1.82) is 0 Å². The Balaban J connectivity index is 2.10. The minimum Gasteiger partial charge on any atom is -0.338 e. The molecule has 0 radical (unpaired) electrons. The zero-order valence-electron chi connectivity index (χ0n) is 7.51. The molecule has 3 nitrogen and oxygen atoms in total. The van der Waals surface area contributed by atoms with Crippen LogP contribution in [0.5, 0.6) is 0 Å². The molecule has 0 spiro atoms. The molecule has 1 atom stereocenters. The average Bonchev–Trinajstić information content (AvgIpc) is 2.72. The second-order valence-electron chi connectivity index (χ2n) is 2.87. The van der Waals surface area contributed by atoms with E-state index in [0.29, 0.717) is 10.9 Å². The average molecular weight is 206 g/mol. The zero-order chi connectivity index (χ0) is 9.80. The fourth-order valence-electron chi connectivity index (χ4n) is 1.17. The van der Waals surface area contributed by atoms with E-state index >= 15 is 0 Å². The van der Waals surface area contributed by atoms with Crippen molar-refractivity contribution in [1.82, 2.24) is 9.97 Å². The van der Waals surface area contributed by atoms with Gasteiger partial charge in [-0.2, -0.15) is 0 Å². The number of aromatic amines is 1. The summed E-state index contributed by atoms with van der Waals surface area (Å²) >= 11 is 0. The Hall–Kier alpha value is -1.42. The van der Waals surface area contributed by atoms with Crippen LogP contribution in [0, 0.1) is 0 Å². The van der Waals surface area contributed by atoms with Crippen LogP contribution in [0.4, 0.5) is 0 Å². The van der Waals surface area contributed by atoms with Crippen LogP contribution in [-0.4, -0.2) is 14.2 Å². The van der Waals surface area contributed by atoms with E-state index in [0.717, 1.165) is 5.56 Å². The molecule has 2 rings (SSSR count). The highest BCUT2D eigenvalue weighted by atomic mass is 32.2. The Bertz CT molecular complexity index is 411. The van der Waals surface area contributed by atoms with Crippen LogP contribution in [-0.2, 0) is 16.6 Å². The van der Waals surface area contributed by atoms with Crippen LogP contribution in [0.25, 0.3) is 0 Å². The molecule has 72 valence electrons. The van der Waals surface area contributed by atoms with Gasteiger partial charge in [0.05, 0.1) is 16.6 Å². The molecular weight excluding hydrogens is 196 g/mol. The molecule has 2 aromatic rings. The Morgan fingerprint density at radius 3 is 2.71 bits per heavy atom. The van der Waals surface area contributed by atoms with E-state index in [-0.39, 0.29) is 0 Å². The lowest BCUT2D eigenvalue weighted by Crippen LogP contribution is -1.97. The van der Waals surface area contributed by atoms with Crippen LogP contribution in [0.3, 0.4) is 0 Å². The molecule has 14 heavy (non-hydrogen) atoms. The van der Waals surface area contributed by atoms with Crippen LogP contribution >= 0.6 is 0 Å². The van der Waals surface area contributed by atoms with Gasteiger partial charge in [-0.25, -0.2) is 4.98 Å². The van der Waals surface area contributed by atoms with Gasteiger partial charge in [0.1, 0.15) is 0 Å². The predicted molar refractivity (Wildman–Crippen MR) is 55.1 cm³/mol. The van der Waals surface area contributed by atoms with Crippen LogP contribution in [0.15, 0.2) is 47.9 Å². The number of nitrogens with one attached hydrogen (secondary N) is 1. The van der Waals surface area contributed by atoms with Gasteiger partial charge in [-0.15, -0.1) is 0 Å². The van der Waals surface area contributed by atoms with Crippen LogP contribution in [0.2, 0.25) is 0 Å². The molecule has 0 saturated carbocycles. The second-order valence-corrected chi connectivity index (χ2v) is 4.24. The van der Waals surface area contributed by atoms with E-state index in [1.807, 2.05) is 30.3 Å². The van der Waals surface area contributed by atoms with Gasteiger partial charge in [-0.3, -0.25) is 4.21 Å². The largest absolute Gasteiger partial charge is 0.338 e. The number of benzene rings is 1. The second kappa shape index (κ2) is 4.19. The molecule has 0 amide bonds. The maximum atomic E-state index is 11.7. The first-order valence-corrected chi connectivity index (χ1v) is 5.60. The predicted octanol–water partition coefficient (Wildman–Crippen LogP) is 1.72. The molecule has 0 aliphatic heterocycles. The standard InChI is InChI=1S/C10H10N2OS/c13-14(10-11-6-7-12-10)8-9-4-2-1-3-5-9/h1-7H,8H2,(H,11,12). The van der Waals surface area contributed by atoms with Crippen molar-refractivity contribution in [2.24, 2.45) is 0 Å². The van der Waals surface area contributed by atoms with Crippen molar-refractivity contribution in [3.05, 3.63) is 48.3 Å². The SMILES string of the molecule is O=S(Cc1ccccc1)c1ncc[nH]1. The molecule has 0 aliphatic carbocycles. The quantitative estimate of drug-likeness (QED) is 0.831. The normalized spacial score (nSPS) is 12.6. The van der Waals surface area contributed by atoms with Crippen molar-refractivity contribution in [3.63, 3.8) is 0 Å². The van der Waals surface area contributed by atoms with E-state index in [1.54, 1.807) is 12.4 Å². The number of H-pyrrole nitrogens is 1. The molecule has 0 aliphatic rings. The minimum absolute atomic E-state index is 0.508. The Morgan fingerprint density at radius 1 is 1.29 bits per heavy atom. The van der Waals surface area contributed by atoms with Gasteiger partial charge < -0.3 is 4.98 Å². The summed E-state index contributed by atoms with van der Waals surface area (Å²) in [4.78, 5) is 6.80. The summed E-state index contributed by atoms with van der Waals surface area (Å²) in [5, 5.41) is 0.536. The van der Waals surface area contributed by atoms with Crippen LogP contribution < -0.4 is 0 Å². The smallest absolute Gasteiger partial charge is 0.196 e. The first-order chi connectivity index (χ1) is 6.86. The van der Waals surface area contributed by atoms with Crippen molar-refractivity contribution < 1.29 is 4.21 Å². The third-order valence-corrected chi connectivity index (χ3v) is 3.08. The summed E-state index contributed by atoms with van der Waals surface area (Å²) in [6.07, 6.45) is 3.29. The van der Waals surface area contributed by atoms with E-state index in [1.165, 1.54) is 0 Å². The monoisotopic (exact) mass is 206 g/mol. The summed E-state index contributed by atoms with van der Waals surface area (Å²) in [5.74, 6) is 0.508. The van der Waals surface area contributed by atoms with Crippen molar-refractivity contribution >= 4 is 10.8 Å². The third-order valence-electron chi connectivity index (χ3n) is 1.83. The number of nitrogens with zero attached hydrogens (tertiary/aromatic N) is 1. The number of imidazole rings is 1. The number of rotatable bonds is 3. The highest BCUT2D eigenvalue weighted by Crippen LogP contribution is 2.07. The molecule has 0 saturated heterocycles. The van der Waals surface area contributed by atoms with Gasteiger partial charge in [-0.05, 0) is 5.56 Å². The van der Waals surface area contributed by atoms with Crippen molar-refractivity contribution in [3.8, 4) is 0 Å². The fourth-order valence-corrected chi connectivity index (χ4v) is 2.18. The fraction of sp³-hybridized carbons (Fsp3) is 0.100. The molecule has 1 aromatic heterocycles. The minimum atomic E-state index is -1.07. The highest BCUT2D eigenvalue weighted by Gasteiger charge is 2.05. The van der Waals surface area contributed by atoms with Crippen molar-refractivity contribution in [2.75, 3.05) is 0 Å². The van der Waals surface area contributed by atoms with Gasteiger partial charge in [0.25, 0.3) is 0 Å². The van der Waals surface area contributed by atoms with E-state index in [4.69, 9.17) is 0 Å². The maximum Gasteiger partial charge on any atom is 0.196 e. The Morgan fingerprint density at radius 2 is 2.07 bits per heavy atom. The molecule has 1 N–H and O–H groups in total. The molecule has 1 unspecified atom stereocenters. The zero-order valence-corrected chi connectivity index (χ0v) is 8.33. The Kier molecular flexibility index (Phi) is 2.74.